The Labute approximate surface area is 111 Å². The van der Waals surface area contributed by atoms with Crippen LogP contribution in [0.25, 0.3) is 0 Å². The van der Waals surface area contributed by atoms with E-state index in [1.807, 2.05) is 39.0 Å². The minimum atomic E-state index is -0.0680. The van der Waals surface area contributed by atoms with Crippen molar-refractivity contribution in [2.24, 2.45) is 0 Å². The topological polar surface area (TPSA) is 38.3 Å². The first kappa shape index (κ1) is 14.2. The third kappa shape index (κ3) is 4.88. The highest BCUT2D eigenvalue weighted by Crippen LogP contribution is 2.15. The standard InChI is InChI=1S/C13H18BrNO2/c1-4-17-8-10(3)15-13(16)11-5-9(2)6-12(14)7-11/h5-7,10H,4,8H2,1-3H3,(H,15,16). The molecule has 0 saturated carbocycles. The smallest absolute Gasteiger partial charge is 0.251 e. The van der Waals surface area contributed by atoms with Gasteiger partial charge >= 0.3 is 0 Å². The molecule has 17 heavy (non-hydrogen) atoms. The summed E-state index contributed by atoms with van der Waals surface area (Å²) in [7, 11) is 0. The molecule has 0 aromatic heterocycles. The molecular weight excluding hydrogens is 282 g/mol. The number of halogens is 1. The van der Waals surface area contributed by atoms with Gasteiger partial charge in [-0.2, -0.15) is 0 Å². The molecule has 1 N–H and O–H groups in total. The minimum Gasteiger partial charge on any atom is -0.380 e. The van der Waals surface area contributed by atoms with Gasteiger partial charge in [-0.3, -0.25) is 4.79 Å². The normalized spacial score (nSPS) is 12.2. The maximum absolute atomic E-state index is 11.9. The van der Waals surface area contributed by atoms with Crippen LogP contribution in [0.4, 0.5) is 0 Å². The fourth-order valence-electron chi connectivity index (χ4n) is 1.51. The molecule has 0 bridgehead atoms. The van der Waals surface area contributed by atoms with Gasteiger partial charge in [0.25, 0.3) is 5.91 Å². The zero-order chi connectivity index (χ0) is 12.8. The van der Waals surface area contributed by atoms with E-state index in [4.69, 9.17) is 4.74 Å². The van der Waals surface area contributed by atoms with Crippen molar-refractivity contribution in [3.63, 3.8) is 0 Å². The third-order valence-corrected chi connectivity index (χ3v) is 2.71. The number of carbonyl (C=O) groups is 1. The minimum absolute atomic E-state index is 0.0155. The van der Waals surface area contributed by atoms with Gasteiger partial charge < -0.3 is 10.1 Å². The van der Waals surface area contributed by atoms with Crippen LogP contribution in [-0.4, -0.2) is 25.2 Å². The second-order valence-corrected chi connectivity index (χ2v) is 4.97. The molecule has 0 spiro atoms. The van der Waals surface area contributed by atoms with Crippen LogP contribution >= 0.6 is 15.9 Å². The van der Waals surface area contributed by atoms with Gasteiger partial charge in [-0.15, -0.1) is 0 Å². The first-order chi connectivity index (χ1) is 8.02. The highest BCUT2D eigenvalue weighted by molar-refractivity contribution is 9.10. The number of nitrogens with one attached hydrogen (secondary N) is 1. The number of amides is 1. The van der Waals surface area contributed by atoms with Crippen molar-refractivity contribution in [2.75, 3.05) is 13.2 Å². The van der Waals surface area contributed by atoms with Crippen molar-refractivity contribution in [3.05, 3.63) is 33.8 Å². The molecule has 4 heteroatoms. The molecule has 0 aliphatic rings. The Kier molecular flexibility index (Phi) is 5.65. The van der Waals surface area contributed by atoms with E-state index in [2.05, 4.69) is 21.2 Å². The second kappa shape index (κ2) is 6.77. The van der Waals surface area contributed by atoms with E-state index < -0.39 is 0 Å². The molecule has 1 amide bonds. The molecule has 1 atom stereocenters. The lowest BCUT2D eigenvalue weighted by Crippen LogP contribution is -2.35. The number of carbonyl (C=O) groups excluding carboxylic acids is 1. The van der Waals surface area contributed by atoms with Crippen LogP contribution in [0.1, 0.15) is 29.8 Å². The van der Waals surface area contributed by atoms with Crippen LogP contribution < -0.4 is 5.32 Å². The van der Waals surface area contributed by atoms with E-state index in [0.717, 1.165) is 10.0 Å². The van der Waals surface area contributed by atoms with E-state index in [1.54, 1.807) is 0 Å². The molecule has 0 saturated heterocycles. The summed E-state index contributed by atoms with van der Waals surface area (Å²) in [6.07, 6.45) is 0. The summed E-state index contributed by atoms with van der Waals surface area (Å²) in [6, 6.07) is 5.67. The second-order valence-electron chi connectivity index (χ2n) is 4.05. The van der Waals surface area contributed by atoms with Gasteiger partial charge in [-0.1, -0.05) is 15.9 Å². The van der Waals surface area contributed by atoms with Crippen LogP contribution in [0.5, 0.6) is 0 Å². The fraction of sp³-hybridized carbons (Fsp3) is 0.462. The summed E-state index contributed by atoms with van der Waals surface area (Å²) in [5.74, 6) is -0.0680. The van der Waals surface area contributed by atoms with E-state index in [0.29, 0.717) is 18.8 Å². The Morgan fingerprint density at radius 2 is 2.18 bits per heavy atom. The Bertz CT molecular complexity index is 373. The van der Waals surface area contributed by atoms with Crippen LogP contribution in [0, 0.1) is 6.92 Å². The average molecular weight is 300 g/mol. The van der Waals surface area contributed by atoms with E-state index in [1.165, 1.54) is 0 Å². The molecular formula is C13H18BrNO2. The van der Waals surface area contributed by atoms with Gasteiger partial charge in [0.15, 0.2) is 0 Å². The number of benzene rings is 1. The average Bonchev–Trinajstić information content (AvgIpc) is 2.25. The molecule has 1 aromatic rings. The summed E-state index contributed by atoms with van der Waals surface area (Å²) < 4.78 is 6.17. The summed E-state index contributed by atoms with van der Waals surface area (Å²) in [6.45, 7) is 7.03. The first-order valence-corrected chi connectivity index (χ1v) is 6.48. The third-order valence-electron chi connectivity index (χ3n) is 2.25. The highest BCUT2D eigenvalue weighted by atomic mass is 79.9. The lowest BCUT2D eigenvalue weighted by Gasteiger charge is -2.14. The summed E-state index contributed by atoms with van der Waals surface area (Å²) in [4.78, 5) is 11.9. The molecule has 1 unspecified atom stereocenters. The zero-order valence-corrected chi connectivity index (χ0v) is 12.0. The number of ether oxygens (including phenoxy) is 1. The van der Waals surface area contributed by atoms with Crippen LogP contribution in [0.2, 0.25) is 0 Å². The van der Waals surface area contributed by atoms with Gasteiger partial charge in [0.2, 0.25) is 0 Å². The summed E-state index contributed by atoms with van der Waals surface area (Å²) in [5.41, 5.74) is 1.72. The molecule has 1 aromatic carbocycles. The van der Waals surface area contributed by atoms with Crippen LogP contribution in [0.3, 0.4) is 0 Å². The first-order valence-electron chi connectivity index (χ1n) is 5.68. The van der Waals surface area contributed by atoms with E-state index >= 15 is 0 Å². The Morgan fingerprint density at radius 1 is 1.47 bits per heavy atom. The summed E-state index contributed by atoms with van der Waals surface area (Å²) >= 11 is 3.38. The van der Waals surface area contributed by atoms with Crippen LogP contribution in [0.15, 0.2) is 22.7 Å². The number of aryl methyl sites for hydroxylation is 1. The van der Waals surface area contributed by atoms with Crippen molar-refractivity contribution in [1.29, 1.82) is 0 Å². The molecule has 0 heterocycles. The maximum atomic E-state index is 11.9. The summed E-state index contributed by atoms with van der Waals surface area (Å²) in [5, 5.41) is 2.90. The predicted octanol–water partition coefficient (Wildman–Crippen LogP) is 2.91. The van der Waals surface area contributed by atoms with Gasteiger partial charge in [-0.05, 0) is 44.5 Å². The Hall–Kier alpha value is -0.870. The van der Waals surface area contributed by atoms with Crippen molar-refractivity contribution in [1.82, 2.24) is 5.32 Å². The molecule has 0 radical (unpaired) electrons. The van der Waals surface area contributed by atoms with Crippen molar-refractivity contribution < 1.29 is 9.53 Å². The van der Waals surface area contributed by atoms with E-state index in [-0.39, 0.29) is 11.9 Å². The lowest BCUT2D eigenvalue weighted by atomic mass is 10.1. The quantitative estimate of drug-likeness (QED) is 0.908. The van der Waals surface area contributed by atoms with Gasteiger partial charge in [0, 0.05) is 22.7 Å². The van der Waals surface area contributed by atoms with Crippen molar-refractivity contribution in [3.8, 4) is 0 Å². The van der Waals surface area contributed by atoms with Gasteiger partial charge in [0.1, 0.15) is 0 Å². The largest absolute Gasteiger partial charge is 0.380 e. The molecule has 1 rings (SSSR count). The van der Waals surface area contributed by atoms with Crippen LogP contribution in [-0.2, 0) is 4.74 Å². The Balaban J connectivity index is 2.63. The van der Waals surface area contributed by atoms with Gasteiger partial charge in [-0.25, -0.2) is 0 Å². The highest BCUT2D eigenvalue weighted by Gasteiger charge is 2.10. The SMILES string of the molecule is CCOCC(C)NC(=O)c1cc(C)cc(Br)c1. The number of rotatable bonds is 5. The lowest BCUT2D eigenvalue weighted by molar-refractivity contribution is 0.0872. The molecule has 0 fully saturated rings. The fourth-order valence-corrected chi connectivity index (χ4v) is 2.12. The zero-order valence-electron chi connectivity index (χ0n) is 10.4. The maximum Gasteiger partial charge on any atom is 0.251 e. The molecule has 3 nitrogen and oxygen atoms in total. The molecule has 0 aliphatic carbocycles. The van der Waals surface area contributed by atoms with Crippen molar-refractivity contribution >= 4 is 21.8 Å². The molecule has 0 aliphatic heterocycles. The molecule has 94 valence electrons. The Morgan fingerprint density at radius 3 is 2.76 bits per heavy atom. The predicted molar refractivity (Wildman–Crippen MR) is 72.3 cm³/mol. The number of hydrogen-bond donors (Lipinski definition) is 1. The van der Waals surface area contributed by atoms with Gasteiger partial charge in [0.05, 0.1) is 6.61 Å². The van der Waals surface area contributed by atoms with E-state index in [9.17, 15) is 4.79 Å². The number of hydrogen-bond acceptors (Lipinski definition) is 2. The van der Waals surface area contributed by atoms with Crippen molar-refractivity contribution in [2.45, 2.75) is 26.8 Å². The monoisotopic (exact) mass is 299 g/mol.